The molecule has 182 valence electrons. The van der Waals surface area contributed by atoms with Gasteiger partial charge in [0.15, 0.2) is 35.4 Å². The Morgan fingerprint density at radius 3 is 2.33 bits per heavy atom. The van der Waals surface area contributed by atoms with E-state index in [1.54, 1.807) is 30.3 Å². The normalized spacial score (nSPS) is 24.7. The third kappa shape index (κ3) is 5.67. The smallest absolute Gasteiger partial charge is 0.185 e. The number of ether oxygens (including phenoxy) is 6. The highest BCUT2D eigenvalue weighted by atomic mass is 16.7. The molecule has 0 saturated carbocycles. The first-order chi connectivity index (χ1) is 15.9. The number of methoxy groups -OCH3 is 3. The summed E-state index contributed by atoms with van der Waals surface area (Å²) in [4.78, 5) is 0. The van der Waals surface area contributed by atoms with Crippen molar-refractivity contribution in [2.75, 3.05) is 34.5 Å². The Balaban J connectivity index is 1.98. The number of aliphatic hydroxyl groups is 3. The highest BCUT2D eigenvalue weighted by Gasteiger charge is 2.43. The molecule has 33 heavy (non-hydrogen) atoms. The van der Waals surface area contributed by atoms with Crippen LogP contribution >= 0.6 is 0 Å². The van der Waals surface area contributed by atoms with Crippen molar-refractivity contribution in [3.05, 3.63) is 48.0 Å². The molecule has 6 atom stereocenters. The van der Waals surface area contributed by atoms with Crippen molar-refractivity contribution in [3.63, 3.8) is 0 Å². The van der Waals surface area contributed by atoms with Crippen molar-refractivity contribution in [2.24, 2.45) is 0 Å². The van der Waals surface area contributed by atoms with Crippen molar-refractivity contribution < 1.29 is 48.8 Å². The van der Waals surface area contributed by atoms with Gasteiger partial charge < -0.3 is 48.8 Å². The molecule has 2 aromatic carbocycles. The van der Waals surface area contributed by atoms with E-state index in [4.69, 9.17) is 28.4 Å². The van der Waals surface area contributed by atoms with Gasteiger partial charge >= 0.3 is 0 Å². The highest BCUT2D eigenvalue weighted by molar-refractivity contribution is 5.43. The topological polar surface area (TPSA) is 136 Å². The minimum absolute atomic E-state index is 0.0863. The fourth-order valence-electron chi connectivity index (χ4n) is 3.64. The van der Waals surface area contributed by atoms with E-state index in [1.165, 1.54) is 33.5 Å². The van der Waals surface area contributed by atoms with Crippen LogP contribution in [-0.2, 0) is 14.2 Å². The molecule has 1 saturated heterocycles. The van der Waals surface area contributed by atoms with Gasteiger partial charge in [-0.3, -0.25) is 0 Å². The van der Waals surface area contributed by atoms with E-state index in [1.807, 2.05) is 0 Å². The lowest BCUT2D eigenvalue weighted by molar-refractivity contribution is -0.282. The van der Waals surface area contributed by atoms with E-state index in [9.17, 15) is 20.4 Å². The molecular weight excluding hydrogens is 436 g/mol. The number of rotatable bonds is 10. The third-order valence-corrected chi connectivity index (χ3v) is 5.36. The predicted octanol–water partition coefficient (Wildman–Crippen LogP) is 1.00. The first kappa shape index (κ1) is 25.0. The molecule has 1 heterocycles. The number of phenolic OH excluding ortho intramolecular Hbond substituents is 1. The summed E-state index contributed by atoms with van der Waals surface area (Å²) in [6, 6.07) is 11.4. The van der Waals surface area contributed by atoms with Crippen molar-refractivity contribution in [2.45, 2.75) is 36.8 Å². The summed E-state index contributed by atoms with van der Waals surface area (Å²) in [6.07, 6.45) is -6.59. The number of phenols is 1. The van der Waals surface area contributed by atoms with Gasteiger partial charge in [-0.2, -0.15) is 0 Å². The zero-order valence-corrected chi connectivity index (χ0v) is 18.7. The molecule has 0 aromatic heterocycles. The fraction of sp³-hybridized carbons (Fsp3) is 0.478. The average molecular weight is 466 g/mol. The van der Waals surface area contributed by atoms with Gasteiger partial charge in [0.2, 0.25) is 0 Å². The van der Waals surface area contributed by atoms with Gasteiger partial charge in [-0.1, -0.05) is 18.2 Å². The second-order valence-corrected chi connectivity index (χ2v) is 7.44. The molecule has 1 aliphatic rings. The van der Waals surface area contributed by atoms with Crippen LogP contribution in [0.25, 0.3) is 0 Å². The molecule has 0 unspecified atom stereocenters. The minimum atomic E-state index is -1.31. The first-order valence-corrected chi connectivity index (χ1v) is 10.4. The molecule has 1 aliphatic heterocycles. The Morgan fingerprint density at radius 1 is 1.00 bits per heavy atom. The van der Waals surface area contributed by atoms with Crippen molar-refractivity contribution >= 4 is 0 Å². The summed E-state index contributed by atoms with van der Waals surface area (Å²) in [7, 11) is 4.26. The van der Waals surface area contributed by atoms with E-state index in [0.717, 1.165) is 0 Å². The van der Waals surface area contributed by atoms with E-state index in [0.29, 0.717) is 17.1 Å². The number of aliphatic hydroxyl groups excluding tert-OH is 3. The summed E-state index contributed by atoms with van der Waals surface area (Å²) in [5.74, 6) is 0.902. The zero-order chi connectivity index (χ0) is 24.0. The molecule has 0 amide bonds. The van der Waals surface area contributed by atoms with E-state index < -0.39 is 43.4 Å². The number of hydrogen-bond donors (Lipinski definition) is 4. The SMILES string of the molecule is COc1cc([C@H](O[C@@H]2[C@@H](O)[C@H](OC)OC[C@H]2O)[C@@H](CO)Oc2ccccc2OC)ccc1O. The van der Waals surface area contributed by atoms with Crippen molar-refractivity contribution in [3.8, 4) is 23.0 Å². The summed E-state index contributed by atoms with van der Waals surface area (Å²) >= 11 is 0. The Labute approximate surface area is 191 Å². The standard InChI is InChI=1S/C23H30O10/c1-28-16-6-4-5-7-17(16)32-19(11-24)21(13-8-9-14(25)18(10-13)29-2)33-22-15(26)12-31-23(30-3)20(22)27/h4-10,15,19-27H,11-12H2,1-3H3/t15-,19-,20-,21+,22+,23-/m1/s1. The number of aromatic hydroxyl groups is 1. The molecule has 10 nitrogen and oxygen atoms in total. The Hall–Kier alpha value is -2.60. The average Bonchev–Trinajstić information content (AvgIpc) is 2.83. The van der Waals surface area contributed by atoms with Crippen LogP contribution in [0.2, 0.25) is 0 Å². The van der Waals surface area contributed by atoms with Crippen molar-refractivity contribution in [1.82, 2.24) is 0 Å². The quantitative estimate of drug-likeness (QED) is 0.401. The number of para-hydroxylation sites is 2. The van der Waals surface area contributed by atoms with E-state index >= 15 is 0 Å². The first-order valence-electron chi connectivity index (χ1n) is 10.4. The lowest BCUT2D eigenvalue weighted by Crippen LogP contribution is -2.55. The maximum atomic E-state index is 10.6. The lowest BCUT2D eigenvalue weighted by Gasteiger charge is -2.40. The third-order valence-electron chi connectivity index (χ3n) is 5.36. The summed E-state index contributed by atoms with van der Waals surface area (Å²) in [6.45, 7) is -0.599. The number of benzene rings is 2. The van der Waals surface area contributed by atoms with Crippen LogP contribution < -0.4 is 14.2 Å². The Bertz CT molecular complexity index is 891. The van der Waals surface area contributed by atoms with Gasteiger partial charge in [0.25, 0.3) is 0 Å². The molecule has 0 spiro atoms. The molecule has 1 fully saturated rings. The maximum absolute atomic E-state index is 10.6. The van der Waals surface area contributed by atoms with Crippen LogP contribution in [0, 0.1) is 0 Å². The van der Waals surface area contributed by atoms with Crippen LogP contribution in [-0.4, -0.2) is 85.7 Å². The van der Waals surface area contributed by atoms with Crippen LogP contribution in [0.1, 0.15) is 11.7 Å². The minimum Gasteiger partial charge on any atom is -0.504 e. The highest BCUT2D eigenvalue weighted by Crippen LogP contribution is 2.36. The summed E-state index contributed by atoms with van der Waals surface area (Å²) in [5.41, 5.74) is 0.471. The van der Waals surface area contributed by atoms with Gasteiger partial charge in [-0.25, -0.2) is 0 Å². The summed E-state index contributed by atoms with van der Waals surface area (Å²) < 4.78 is 33.1. The summed E-state index contributed by atoms with van der Waals surface area (Å²) in [5, 5.41) is 41.3. The van der Waals surface area contributed by atoms with Gasteiger partial charge in [0.1, 0.15) is 24.4 Å². The zero-order valence-electron chi connectivity index (χ0n) is 18.7. The van der Waals surface area contributed by atoms with Crippen LogP contribution in [0.3, 0.4) is 0 Å². The Kier molecular flexibility index (Phi) is 8.73. The van der Waals surface area contributed by atoms with Crippen LogP contribution in [0.5, 0.6) is 23.0 Å². The fourth-order valence-corrected chi connectivity index (χ4v) is 3.64. The van der Waals surface area contributed by atoms with Gasteiger partial charge in [-0.05, 0) is 29.8 Å². The lowest BCUT2D eigenvalue weighted by atomic mass is 10.0. The largest absolute Gasteiger partial charge is 0.504 e. The van der Waals surface area contributed by atoms with E-state index in [-0.39, 0.29) is 18.1 Å². The predicted molar refractivity (Wildman–Crippen MR) is 116 cm³/mol. The van der Waals surface area contributed by atoms with Crippen LogP contribution in [0.15, 0.2) is 42.5 Å². The van der Waals surface area contributed by atoms with E-state index in [2.05, 4.69) is 0 Å². The van der Waals surface area contributed by atoms with Gasteiger partial charge in [0, 0.05) is 7.11 Å². The molecule has 0 aliphatic carbocycles. The van der Waals surface area contributed by atoms with Crippen LogP contribution in [0.4, 0.5) is 0 Å². The second kappa shape index (κ2) is 11.5. The molecule has 3 rings (SSSR count). The monoisotopic (exact) mass is 466 g/mol. The number of hydrogen-bond acceptors (Lipinski definition) is 10. The van der Waals surface area contributed by atoms with Crippen molar-refractivity contribution in [1.29, 1.82) is 0 Å². The van der Waals surface area contributed by atoms with Gasteiger partial charge in [0.05, 0.1) is 27.4 Å². The molecule has 2 aromatic rings. The second-order valence-electron chi connectivity index (χ2n) is 7.44. The molecule has 0 bridgehead atoms. The maximum Gasteiger partial charge on any atom is 0.185 e. The molecule has 4 N–H and O–H groups in total. The molecule has 10 heteroatoms. The molecule has 0 radical (unpaired) electrons. The molecular formula is C23H30O10. The Morgan fingerprint density at radius 2 is 1.70 bits per heavy atom. The van der Waals surface area contributed by atoms with Gasteiger partial charge in [-0.15, -0.1) is 0 Å².